The number of nitrogens with zero attached hydrogens (tertiary/aromatic N) is 1. The van der Waals surface area contributed by atoms with E-state index in [1.807, 2.05) is 50.2 Å². The molecule has 3 aromatic rings. The molecule has 1 amide bonds. The fraction of sp³-hybridized carbons (Fsp3) is 0.176. The predicted molar refractivity (Wildman–Crippen MR) is 88.1 cm³/mol. The van der Waals surface area contributed by atoms with Gasteiger partial charge in [0.2, 0.25) is 11.8 Å². The predicted octanol–water partition coefficient (Wildman–Crippen LogP) is 4.20. The minimum Gasteiger partial charge on any atom is -0.338 e. The standard InChI is InChI=1S/C17H16N2O2S/c1-11-5-3-4-6-13(11)9-16(20)18-17-10-14(19-21-17)15-8-7-12(2)22-15/h3-8,10H,9H2,1-2H3,(H,18,20). The molecule has 2 heterocycles. The van der Waals surface area contributed by atoms with Gasteiger partial charge in [-0.1, -0.05) is 29.4 Å². The van der Waals surface area contributed by atoms with E-state index in [2.05, 4.69) is 10.5 Å². The molecule has 112 valence electrons. The average molecular weight is 312 g/mol. The third-order valence-corrected chi connectivity index (χ3v) is 4.40. The highest BCUT2D eigenvalue weighted by molar-refractivity contribution is 7.15. The molecule has 0 aliphatic carbocycles. The van der Waals surface area contributed by atoms with Gasteiger partial charge in [0.15, 0.2) is 0 Å². The summed E-state index contributed by atoms with van der Waals surface area (Å²) < 4.78 is 5.19. The van der Waals surface area contributed by atoms with Gasteiger partial charge in [0, 0.05) is 10.9 Å². The quantitative estimate of drug-likeness (QED) is 0.785. The van der Waals surface area contributed by atoms with Crippen LogP contribution in [0.4, 0.5) is 5.88 Å². The van der Waals surface area contributed by atoms with Gasteiger partial charge in [-0.15, -0.1) is 11.3 Å². The number of amides is 1. The number of carbonyl (C=O) groups excluding carboxylic acids is 1. The number of hydrogen-bond acceptors (Lipinski definition) is 4. The molecular weight excluding hydrogens is 296 g/mol. The Morgan fingerprint density at radius 1 is 1.23 bits per heavy atom. The second kappa shape index (κ2) is 6.15. The van der Waals surface area contributed by atoms with Crippen molar-refractivity contribution < 1.29 is 9.32 Å². The Bertz CT molecular complexity index is 804. The van der Waals surface area contributed by atoms with Crippen LogP contribution in [0.1, 0.15) is 16.0 Å². The van der Waals surface area contributed by atoms with Crippen LogP contribution in [0.25, 0.3) is 10.6 Å². The number of anilines is 1. The van der Waals surface area contributed by atoms with E-state index in [1.54, 1.807) is 17.4 Å². The summed E-state index contributed by atoms with van der Waals surface area (Å²) in [5.41, 5.74) is 2.85. The van der Waals surface area contributed by atoms with Crippen molar-refractivity contribution in [3.63, 3.8) is 0 Å². The first-order chi connectivity index (χ1) is 10.6. The minimum atomic E-state index is -0.112. The maximum Gasteiger partial charge on any atom is 0.231 e. The zero-order valence-electron chi connectivity index (χ0n) is 12.4. The van der Waals surface area contributed by atoms with E-state index in [4.69, 9.17) is 4.52 Å². The Morgan fingerprint density at radius 2 is 2.05 bits per heavy atom. The van der Waals surface area contributed by atoms with E-state index in [1.165, 1.54) is 4.88 Å². The number of thiophene rings is 1. The summed E-state index contributed by atoms with van der Waals surface area (Å²) in [6.07, 6.45) is 0.320. The molecule has 0 saturated carbocycles. The SMILES string of the molecule is Cc1ccc(-c2cc(NC(=O)Cc3ccccc3C)on2)s1. The number of hydrogen-bond donors (Lipinski definition) is 1. The lowest BCUT2D eigenvalue weighted by Crippen LogP contribution is -2.14. The summed E-state index contributed by atoms with van der Waals surface area (Å²) >= 11 is 1.64. The monoisotopic (exact) mass is 312 g/mol. The van der Waals surface area contributed by atoms with Crippen LogP contribution < -0.4 is 5.32 Å². The minimum absolute atomic E-state index is 0.112. The first-order valence-electron chi connectivity index (χ1n) is 7.00. The third-order valence-electron chi connectivity index (χ3n) is 3.38. The number of nitrogens with one attached hydrogen (secondary N) is 1. The highest BCUT2D eigenvalue weighted by atomic mass is 32.1. The Morgan fingerprint density at radius 3 is 2.77 bits per heavy atom. The van der Waals surface area contributed by atoms with Crippen LogP contribution in [0.5, 0.6) is 0 Å². The maximum atomic E-state index is 12.1. The Hall–Kier alpha value is -2.40. The number of carbonyl (C=O) groups is 1. The van der Waals surface area contributed by atoms with Gasteiger partial charge < -0.3 is 4.52 Å². The lowest BCUT2D eigenvalue weighted by Gasteiger charge is -2.04. The van der Waals surface area contributed by atoms with Crippen molar-refractivity contribution in [2.24, 2.45) is 0 Å². The molecule has 22 heavy (non-hydrogen) atoms. The fourth-order valence-electron chi connectivity index (χ4n) is 2.19. The van der Waals surface area contributed by atoms with Crippen molar-refractivity contribution in [2.75, 3.05) is 5.32 Å². The fourth-order valence-corrected chi connectivity index (χ4v) is 3.01. The van der Waals surface area contributed by atoms with E-state index in [0.717, 1.165) is 21.7 Å². The highest BCUT2D eigenvalue weighted by Crippen LogP contribution is 2.28. The molecule has 0 unspecified atom stereocenters. The van der Waals surface area contributed by atoms with Crippen LogP contribution in [0.15, 0.2) is 47.0 Å². The largest absolute Gasteiger partial charge is 0.338 e. The maximum absolute atomic E-state index is 12.1. The second-order valence-corrected chi connectivity index (χ2v) is 6.43. The second-order valence-electron chi connectivity index (χ2n) is 5.14. The molecule has 0 bridgehead atoms. The molecule has 4 nitrogen and oxygen atoms in total. The molecule has 1 aromatic carbocycles. The lowest BCUT2D eigenvalue weighted by atomic mass is 10.1. The first kappa shape index (κ1) is 14.5. The molecule has 3 rings (SSSR count). The zero-order valence-corrected chi connectivity index (χ0v) is 13.2. The number of aromatic nitrogens is 1. The number of aryl methyl sites for hydroxylation is 2. The normalized spacial score (nSPS) is 10.6. The van der Waals surface area contributed by atoms with E-state index in [0.29, 0.717) is 12.3 Å². The summed E-state index contributed by atoms with van der Waals surface area (Å²) in [6.45, 7) is 4.04. The van der Waals surface area contributed by atoms with Crippen LogP contribution in [-0.4, -0.2) is 11.1 Å². The van der Waals surface area contributed by atoms with Crippen molar-refractivity contribution in [3.05, 3.63) is 58.5 Å². The van der Waals surface area contributed by atoms with Crippen molar-refractivity contribution in [3.8, 4) is 10.6 Å². The lowest BCUT2D eigenvalue weighted by molar-refractivity contribution is -0.115. The number of rotatable bonds is 4. The van der Waals surface area contributed by atoms with Crippen molar-refractivity contribution in [1.29, 1.82) is 0 Å². The Labute approximate surface area is 132 Å². The summed E-state index contributed by atoms with van der Waals surface area (Å²) in [6, 6.07) is 13.6. The molecule has 0 atom stereocenters. The first-order valence-corrected chi connectivity index (χ1v) is 7.81. The van der Waals surface area contributed by atoms with Gasteiger partial charge >= 0.3 is 0 Å². The van der Waals surface area contributed by atoms with Gasteiger partial charge in [-0.25, -0.2) is 0 Å². The summed E-state index contributed by atoms with van der Waals surface area (Å²) in [4.78, 5) is 14.3. The van der Waals surface area contributed by atoms with Gasteiger partial charge in [-0.05, 0) is 37.1 Å². The Kier molecular flexibility index (Phi) is 4.06. The molecule has 0 radical (unpaired) electrons. The van der Waals surface area contributed by atoms with Crippen molar-refractivity contribution >= 4 is 23.1 Å². The average Bonchev–Trinajstić information content (AvgIpc) is 3.10. The topological polar surface area (TPSA) is 55.1 Å². The summed E-state index contributed by atoms with van der Waals surface area (Å²) in [7, 11) is 0. The van der Waals surface area contributed by atoms with Crippen LogP contribution in [-0.2, 0) is 11.2 Å². The third kappa shape index (κ3) is 3.26. The molecule has 2 aromatic heterocycles. The van der Waals surface area contributed by atoms with Crippen molar-refractivity contribution in [1.82, 2.24) is 5.16 Å². The van der Waals surface area contributed by atoms with Gasteiger partial charge in [-0.2, -0.15) is 0 Å². The Balaban J connectivity index is 1.67. The highest BCUT2D eigenvalue weighted by Gasteiger charge is 2.12. The molecule has 0 fully saturated rings. The molecule has 0 saturated heterocycles. The molecule has 0 spiro atoms. The van der Waals surface area contributed by atoms with E-state index in [-0.39, 0.29) is 5.91 Å². The molecule has 0 aliphatic heterocycles. The summed E-state index contributed by atoms with van der Waals surface area (Å²) in [5.74, 6) is 0.263. The molecule has 0 aliphatic rings. The smallest absolute Gasteiger partial charge is 0.231 e. The summed E-state index contributed by atoms with van der Waals surface area (Å²) in [5, 5.41) is 6.75. The molecule has 1 N–H and O–H groups in total. The van der Waals surface area contributed by atoms with Crippen LogP contribution in [0, 0.1) is 13.8 Å². The van der Waals surface area contributed by atoms with Crippen LogP contribution in [0.2, 0.25) is 0 Å². The van der Waals surface area contributed by atoms with E-state index in [9.17, 15) is 4.79 Å². The van der Waals surface area contributed by atoms with E-state index < -0.39 is 0 Å². The van der Waals surface area contributed by atoms with Crippen LogP contribution >= 0.6 is 11.3 Å². The zero-order chi connectivity index (χ0) is 15.5. The van der Waals surface area contributed by atoms with Crippen LogP contribution in [0.3, 0.4) is 0 Å². The molecule has 5 heteroatoms. The molecular formula is C17H16N2O2S. The van der Waals surface area contributed by atoms with Gasteiger partial charge in [0.1, 0.15) is 5.69 Å². The van der Waals surface area contributed by atoms with Gasteiger partial charge in [0.05, 0.1) is 11.3 Å². The van der Waals surface area contributed by atoms with Gasteiger partial charge in [-0.3, -0.25) is 10.1 Å². The van der Waals surface area contributed by atoms with E-state index >= 15 is 0 Å². The number of benzene rings is 1. The van der Waals surface area contributed by atoms with Gasteiger partial charge in [0.25, 0.3) is 0 Å². The van der Waals surface area contributed by atoms with Crippen molar-refractivity contribution in [2.45, 2.75) is 20.3 Å².